The van der Waals surface area contributed by atoms with E-state index in [4.69, 9.17) is 27.6 Å². The molecule has 0 aliphatic carbocycles. The minimum atomic E-state index is -0.483. The molecule has 160 valence electrons. The van der Waals surface area contributed by atoms with E-state index in [2.05, 4.69) is 16.4 Å². The molecule has 5 nitrogen and oxygen atoms in total. The average Bonchev–Trinajstić information content (AvgIpc) is 3.28. The van der Waals surface area contributed by atoms with Gasteiger partial charge in [-0.3, -0.25) is 0 Å². The van der Waals surface area contributed by atoms with E-state index in [1.165, 1.54) is 17.5 Å². The van der Waals surface area contributed by atoms with Crippen molar-refractivity contribution in [2.24, 2.45) is 0 Å². The molecule has 0 spiro atoms. The summed E-state index contributed by atoms with van der Waals surface area (Å²) in [5.41, 5.74) is 1.76. The molecule has 0 unspecified atom stereocenters. The molecule has 0 saturated carbocycles. The number of thiazole rings is 1. The van der Waals surface area contributed by atoms with Crippen molar-refractivity contribution < 1.29 is 4.42 Å². The molecule has 0 fully saturated rings. The highest BCUT2D eigenvalue weighted by Gasteiger charge is 2.15. The zero-order valence-electron chi connectivity index (χ0n) is 16.8. The topological polar surface area (TPSA) is 78.9 Å². The number of nitriles is 1. The number of benzene rings is 3. The lowest BCUT2D eigenvalue weighted by molar-refractivity contribution is 0.563. The third-order valence-corrected chi connectivity index (χ3v) is 6.33. The summed E-state index contributed by atoms with van der Waals surface area (Å²) in [4.78, 5) is 17.2. The number of halogens is 2. The molecule has 5 rings (SSSR count). The van der Waals surface area contributed by atoms with Crippen LogP contribution < -0.4 is 10.9 Å². The summed E-state index contributed by atoms with van der Waals surface area (Å²) < 4.78 is 5.57. The third kappa shape index (κ3) is 4.22. The van der Waals surface area contributed by atoms with Crippen LogP contribution in [0.5, 0.6) is 0 Å². The highest BCUT2D eigenvalue weighted by molar-refractivity contribution is 7.11. The molecule has 0 aliphatic rings. The normalized spacial score (nSPS) is 11.6. The van der Waals surface area contributed by atoms with Gasteiger partial charge in [-0.05, 0) is 41.1 Å². The van der Waals surface area contributed by atoms with Gasteiger partial charge >= 0.3 is 5.63 Å². The number of anilines is 1. The van der Waals surface area contributed by atoms with Crippen LogP contribution in [0.2, 0.25) is 10.0 Å². The quantitative estimate of drug-likeness (QED) is 0.162. The van der Waals surface area contributed by atoms with Gasteiger partial charge < -0.3 is 9.73 Å². The number of fused-ring (bicyclic) bond motifs is 3. The van der Waals surface area contributed by atoms with E-state index in [9.17, 15) is 10.1 Å². The fourth-order valence-electron chi connectivity index (χ4n) is 3.51. The molecule has 0 atom stereocenters. The lowest BCUT2D eigenvalue weighted by atomic mass is 10.0. The monoisotopic (exact) mass is 489 g/mol. The third-order valence-electron chi connectivity index (χ3n) is 5.02. The summed E-state index contributed by atoms with van der Waals surface area (Å²) in [6, 6.07) is 20.5. The number of allylic oxidation sites excluding steroid dienone is 1. The second kappa shape index (κ2) is 8.72. The Labute approximate surface area is 202 Å². The molecule has 0 aliphatic heterocycles. The van der Waals surface area contributed by atoms with Crippen LogP contribution in [-0.2, 0) is 0 Å². The zero-order valence-corrected chi connectivity index (χ0v) is 19.1. The Morgan fingerprint density at radius 3 is 2.64 bits per heavy atom. The van der Waals surface area contributed by atoms with Crippen molar-refractivity contribution in [2.75, 3.05) is 5.32 Å². The molecular weight excluding hydrogens is 477 g/mol. The van der Waals surface area contributed by atoms with Gasteiger partial charge in [0.2, 0.25) is 0 Å². The smallest absolute Gasteiger partial charge is 0.345 e. The Kier molecular flexibility index (Phi) is 5.61. The number of hydrogen-bond acceptors (Lipinski definition) is 6. The molecule has 8 heteroatoms. The van der Waals surface area contributed by atoms with E-state index in [-0.39, 0.29) is 0 Å². The first-order valence-electron chi connectivity index (χ1n) is 9.76. The first-order valence-corrected chi connectivity index (χ1v) is 11.4. The maximum absolute atomic E-state index is 12.7. The van der Waals surface area contributed by atoms with Gasteiger partial charge in [0.25, 0.3) is 0 Å². The van der Waals surface area contributed by atoms with Gasteiger partial charge in [-0.25, -0.2) is 9.78 Å². The van der Waals surface area contributed by atoms with Crippen LogP contribution in [-0.4, -0.2) is 4.98 Å². The van der Waals surface area contributed by atoms with Crippen molar-refractivity contribution in [1.82, 2.24) is 4.98 Å². The molecule has 0 saturated heterocycles. The maximum atomic E-state index is 12.7. The molecule has 3 aromatic carbocycles. The fourth-order valence-corrected chi connectivity index (χ4v) is 4.82. The van der Waals surface area contributed by atoms with Crippen molar-refractivity contribution in [2.45, 2.75) is 0 Å². The van der Waals surface area contributed by atoms with Crippen LogP contribution in [0.3, 0.4) is 0 Å². The summed E-state index contributed by atoms with van der Waals surface area (Å²) in [5, 5.41) is 18.7. The summed E-state index contributed by atoms with van der Waals surface area (Å²) in [5.74, 6) is 0. The second-order valence-corrected chi connectivity index (χ2v) is 8.89. The van der Waals surface area contributed by atoms with Crippen LogP contribution in [0, 0.1) is 11.3 Å². The highest BCUT2D eigenvalue weighted by Crippen LogP contribution is 2.30. The fraction of sp³-hybridized carbons (Fsp3) is 0. The Morgan fingerprint density at radius 2 is 1.85 bits per heavy atom. The molecule has 2 aromatic heterocycles. The van der Waals surface area contributed by atoms with Crippen molar-refractivity contribution in [3.05, 3.63) is 97.7 Å². The lowest BCUT2D eigenvalue weighted by Crippen LogP contribution is -2.03. The zero-order chi connectivity index (χ0) is 22.9. The van der Waals surface area contributed by atoms with Crippen LogP contribution in [0.25, 0.3) is 38.6 Å². The molecule has 0 amide bonds. The van der Waals surface area contributed by atoms with E-state index in [0.29, 0.717) is 43.2 Å². The molecule has 2 heterocycles. The van der Waals surface area contributed by atoms with Gasteiger partial charge in [0.15, 0.2) is 0 Å². The second-order valence-electron chi connectivity index (χ2n) is 7.16. The Bertz CT molecular complexity index is 1640. The van der Waals surface area contributed by atoms with E-state index in [1.54, 1.807) is 35.7 Å². The largest absolute Gasteiger partial charge is 0.422 e. The van der Waals surface area contributed by atoms with Crippen LogP contribution >= 0.6 is 34.5 Å². The van der Waals surface area contributed by atoms with Gasteiger partial charge in [0, 0.05) is 32.7 Å². The molecule has 33 heavy (non-hydrogen) atoms. The summed E-state index contributed by atoms with van der Waals surface area (Å²) in [6.07, 6.45) is 1.53. The van der Waals surface area contributed by atoms with Crippen molar-refractivity contribution >= 4 is 67.5 Å². The first-order chi connectivity index (χ1) is 16.0. The number of nitrogens with one attached hydrogen (secondary N) is 1. The van der Waals surface area contributed by atoms with E-state index in [1.807, 2.05) is 30.3 Å². The van der Waals surface area contributed by atoms with Gasteiger partial charge in [0.1, 0.15) is 22.2 Å². The summed E-state index contributed by atoms with van der Waals surface area (Å²) >= 11 is 13.3. The Hall–Kier alpha value is -3.63. The highest BCUT2D eigenvalue weighted by atomic mass is 35.5. The summed E-state index contributed by atoms with van der Waals surface area (Å²) in [7, 11) is 0. The SMILES string of the molecule is N#CC(=CNc1cc(Cl)cc(Cl)c1)c1nc(-c2cc3c(ccc4ccccc43)oc2=O)cs1. The molecular formula is C25H13Cl2N3O2S. The number of nitrogens with zero attached hydrogens (tertiary/aromatic N) is 2. The van der Waals surface area contributed by atoms with Crippen LogP contribution in [0.4, 0.5) is 5.69 Å². The predicted octanol–water partition coefficient (Wildman–Crippen LogP) is 7.35. The minimum Gasteiger partial charge on any atom is -0.422 e. The van der Waals surface area contributed by atoms with Gasteiger partial charge in [0.05, 0.1) is 11.3 Å². The lowest BCUT2D eigenvalue weighted by Gasteiger charge is -2.04. The molecule has 0 bridgehead atoms. The standard InChI is InChI=1S/C25H13Cl2N3O2S/c26-16-7-17(27)9-18(8-16)29-12-15(11-28)24-30-22(13-33-24)21-10-20-19-4-2-1-3-14(19)5-6-23(20)32-25(21)31/h1-10,12-13,29H. The molecule has 5 aromatic rings. The number of rotatable bonds is 4. The van der Waals surface area contributed by atoms with E-state index >= 15 is 0 Å². The Morgan fingerprint density at radius 1 is 1.06 bits per heavy atom. The average molecular weight is 490 g/mol. The van der Waals surface area contributed by atoms with Gasteiger partial charge in [-0.1, -0.05) is 53.5 Å². The van der Waals surface area contributed by atoms with Crippen LogP contribution in [0.1, 0.15) is 5.01 Å². The van der Waals surface area contributed by atoms with Gasteiger partial charge in [-0.15, -0.1) is 11.3 Å². The first kappa shape index (κ1) is 21.2. The minimum absolute atomic E-state index is 0.304. The number of aromatic nitrogens is 1. The number of hydrogen-bond donors (Lipinski definition) is 1. The molecule has 0 radical (unpaired) electrons. The predicted molar refractivity (Wildman–Crippen MR) is 135 cm³/mol. The summed E-state index contributed by atoms with van der Waals surface area (Å²) in [6.45, 7) is 0. The van der Waals surface area contributed by atoms with Crippen molar-refractivity contribution in [3.63, 3.8) is 0 Å². The van der Waals surface area contributed by atoms with Crippen LogP contribution in [0.15, 0.2) is 81.5 Å². The van der Waals surface area contributed by atoms with Crippen molar-refractivity contribution in [3.8, 4) is 17.3 Å². The molecule has 1 N–H and O–H groups in total. The Balaban J connectivity index is 1.53. The van der Waals surface area contributed by atoms with E-state index in [0.717, 1.165) is 16.2 Å². The van der Waals surface area contributed by atoms with Crippen molar-refractivity contribution in [1.29, 1.82) is 5.26 Å². The maximum Gasteiger partial charge on any atom is 0.345 e. The van der Waals surface area contributed by atoms with Gasteiger partial charge in [-0.2, -0.15) is 5.26 Å². The van der Waals surface area contributed by atoms with E-state index < -0.39 is 5.63 Å².